The molecule has 1 N–H and O–H groups in total. The molecular weight excluding hydrogens is 164 g/mol. The van der Waals surface area contributed by atoms with Crippen LogP contribution in [0.4, 0.5) is 0 Å². The van der Waals surface area contributed by atoms with Crippen molar-refractivity contribution in [3.8, 4) is 17.0 Å². The lowest BCUT2D eigenvalue weighted by atomic mass is 10.1. The van der Waals surface area contributed by atoms with E-state index in [9.17, 15) is 0 Å². The third-order valence-corrected chi connectivity index (χ3v) is 1.78. The molecule has 0 fully saturated rings. The van der Waals surface area contributed by atoms with Gasteiger partial charge in [0.15, 0.2) is 0 Å². The zero-order valence-electron chi connectivity index (χ0n) is 7.24. The van der Waals surface area contributed by atoms with Crippen LogP contribution in [0.3, 0.4) is 0 Å². The molecular formula is C10H9N2O. The molecule has 0 amide bonds. The fraction of sp³-hybridized carbons (Fsp3) is 0.100. The molecule has 0 saturated carbocycles. The van der Waals surface area contributed by atoms with Gasteiger partial charge >= 0.3 is 0 Å². The minimum atomic E-state index is 0.729. The van der Waals surface area contributed by atoms with E-state index in [-0.39, 0.29) is 0 Å². The molecule has 3 heteroatoms. The van der Waals surface area contributed by atoms with Crippen molar-refractivity contribution in [2.75, 3.05) is 7.11 Å². The molecule has 2 rings (SSSR count). The largest absolute Gasteiger partial charge is 0.496 e. The highest BCUT2D eigenvalue weighted by atomic mass is 16.5. The summed E-state index contributed by atoms with van der Waals surface area (Å²) in [5.41, 5.74) is 1.90. The molecule has 1 aromatic heterocycles. The number of nitrogens with zero attached hydrogens (tertiary/aromatic N) is 1. The maximum Gasteiger partial charge on any atom is 0.127 e. The zero-order valence-corrected chi connectivity index (χ0v) is 7.24. The summed E-state index contributed by atoms with van der Waals surface area (Å²) in [7, 11) is 1.63. The Morgan fingerprint density at radius 3 is 3.00 bits per heavy atom. The van der Waals surface area contributed by atoms with Gasteiger partial charge in [-0.05, 0) is 12.1 Å². The second kappa shape index (κ2) is 3.31. The second-order valence-electron chi connectivity index (χ2n) is 2.60. The zero-order chi connectivity index (χ0) is 9.10. The van der Waals surface area contributed by atoms with Crippen molar-refractivity contribution < 1.29 is 4.74 Å². The second-order valence-corrected chi connectivity index (χ2v) is 2.60. The first-order chi connectivity index (χ1) is 6.40. The third-order valence-electron chi connectivity index (χ3n) is 1.78. The van der Waals surface area contributed by atoms with Crippen molar-refractivity contribution in [3.63, 3.8) is 0 Å². The van der Waals surface area contributed by atoms with E-state index in [4.69, 9.17) is 4.74 Å². The van der Waals surface area contributed by atoms with Crippen LogP contribution in [-0.4, -0.2) is 17.3 Å². The van der Waals surface area contributed by atoms with E-state index in [0.29, 0.717) is 0 Å². The Hall–Kier alpha value is -1.77. The normalized spacial score (nSPS) is 9.92. The van der Waals surface area contributed by atoms with Crippen LogP contribution in [0.15, 0.2) is 30.5 Å². The highest BCUT2D eigenvalue weighted by molar-refractivity contribution is 5.59. The Bertz CT molecular complexity index is 382. The van der Waals surface area contributed by atoms with Gasteiger partial charge in [-0.3, -0.25) is 5.10 Å². The molecule has 1 heterocycles. The summed E-state index contributed by atoms with van der Waals surface area (Å²) in [6.45, 7) is 0. The predicted molar refractivity (Wildman–Crippen MR) is 49.4 cm³/mol. The average molecular weight is 173 g/mol. The highest BCUT2D eigenvalue weighted by Gasteiger charge is 1.99. The quantitative estimate of drug-likeness (QED) is 0.753. The van der Waals surface area contributed by atoms with Gasteiger partial charge in [-0.25, -0.2) is 0 Å². The molecule has 13 heavy (non-hydrogen) atoms. The number of rotatable bonds is 2. The summed E-state index contributed by atoms with van der Waals surface area (Å²) < 4.78 is 5.06. The molecule has 65 valence electrons. The third kappa shape index (κ3) is 1.54. The van der Waals surface area contributed by atoms with Gasteiger partial charge in [0.25, 0.3) is 0 Å². The molecule has 3 nitrogen and oxygen atoms in total. The maximum atomic E-state index is 5.06. The van der Waals surface area contributed by atoms with Crippen LogP contribution in [0.2, 0.25) is 0 Å². The number of nitrogens with one attached hydrogen (secondary N) is 1. The van der Waals surface area contributed by atoms with Gasteiger partial charge in [-0.15, -0.1) is 0 Å². The first-order valence-corrected chi connectivity index (χ1v) is 3.96. The Balaban J connectivity index is 2.41. The van der Waals surface area contributed by atoms with Crippen molar-refractivity contribution in [2.24, 2.45) is 0 Å². The summed E-state index contributed by atoms with van der Waals surface area (Å²) in [4.78, 5) is 0. The number of aromatic amines is 1. The highest BCUT2D eigenvalue weighted by Crippen LogP contribution is 2.20. The van der Waals surface area contributed by atoms with E-state index >= 15 is 0 Å². The number of hydrogen-bond donors (Lipinski definition) is 1. The molecule has 0 aliphatic carbocycles. The van der Waals surface area contributed by atoms with E-state index in [0.717, 1.165) is 17.0 Å². The monoisotopic (exact) mass is 173 g/mol. The van der Waals surface area contributed by atoms with Crippen LogP contribution in [0.25, 0.3) is 11.3 Å². The summed E-state index contributed by atoms with van der Waals surface area (Å²) in [5, 5.41) is 6.74. The predicted octanol–water partition coefficient (Wildman–Crippen LogP) is 1.89. The van der Waals surface area contributed by atoms with Crippen molar-refractivity contribution in [3.05, 3.63) is 36.5 Å². The average Bonchev–Trinajstić information content (AvgIpc) is 2.71. The molecule has 0 unspecified atom stereocenters. The van der Waals surface area contributed by atoms with E-state index in [1.807, 2.05) is 24.3 Å². The molecule has 0 aliphatic rings. The van der Waals surface area contributed by atoms with Crippen molar-refractivity contribution in [1.29, 1.82) is 0 Å². The minimum Gasteiger partial charge on any atom is -0.496 e. The van der Waals surface area contributed by atoms with Crippen LogP contribution in [-0.2, 0) is 0 Å². The van der Waals surface area contributed by atoms with E-state index in [1.165, 1.54) is 0 Å². The number of methoxy groups -OCH3 is 1. The minimum absolute atomic E-state index is 0.729. The van der Waals surface area contributed by atoms with Crippen LogP contribution >= 0.6 is 0 Å². The van der Waals surface area contributed by atoms with Crippen molar-refractivity contribution in [2.45, 2.75) is 0 Å². The molecule has 0 saturated heterocycles. The summed E-state index contributed by atoms with van der Waals surface area (Å²) in [5.74, 6) is 0.729. The maximum absolute atomic E-state index is 5.06. The van der Waals surface area contributed by atoms with Gasteiger partial charge in [-0.1, -0.05) is 12.1 Å². The van der Waals surface area contributed by atoms with Crippen LogP contribution in [0.5, 0.6) is 5.75 Å². The van der Waals surface area contributed by atoms with E-state index in [1.54, 1.807) is 13.3 Å². The van der Waals surface area contributed by atoms with Crippen molar-refractivity contribution in [1.82, 2.24) is 10.2 Å². The van der Waals surface area contributed by atoms with Gasteiger partial charge in [0.05, 0.1) is 12.8 Å². The summed E-state index contributed by atoms with van der Waals surface area (Å²) in [6, 6.07) is 10.7. The standard InChI is InChI=1S/C10H9N2O/c1-13-9-4-2-3-8(7-9)10-5-6-11-12-10/h2-6H,1H3,(H,11,12). The molecule has 0 aliphatic heterocycles. The van der Waals surface area contributed by atoms with E-state index < -0.39 is 0 Å². The van der Waals surface area contributed by atoms with Crippen LogP contribution in [0.1, 0.15) is 0 Å². The molecule has 0 bridgehead atoms. The Labute approximate surface area is 76.4 Å². The molecule has 2 aromatic rings. The van der Waals surface area contributed by atoms with Gasteiger partial charge in [0, 0.05) is 17.8 Å². The van der Waals surface area contributed by atoms with Gasteiger partial charge in [-0.2, -0.15) is 5.10 Å². The smallest absolute Gasteiger partial charge is 0.127 e. The van der Waals surface area contributed by atoms with E-state index in [2.05, 4.69) is 16.3 Å². The number of benzene rings is 1. The number of aromatic nitrogens is 2. The first kappa shape index (κ1) is 7.86. The Morgan fingerprint density at radius 1 is 1.38 bits per heavy atom. The van der Waals surface area contributed by atoms with Gasteiger partial charge in [0.2, 0.25) is 0 Å². The van der Waals surface area contributed by atoms with Gasteiger partial charge in [0.1, 0.15) is 5.75 Å². The SMILES string of the molecule is COc1[c]c(-c2ccn[nH]2)ccc1. The fourth-order valence-corrected chi connectivity index (χ4v) is 1.13. The van der Waals surface area contributed by atoms with Crippen molar-refractivity contribution >= 4 is 0 Å². The van der Waals surface area contributed by atoms with Crippen LogP contribution < -0.4 is 4.74 Å². The Morgan fingerprint density at radius 2 is 2.31 bits per heavy atom. The van der Waals surface area contributed by atoms with Crippen LogP contribution in [0, 0.1) is 6.07 Å². The lowest BCUT2D eigenvalue weighted by Crippen LogP contribution is -1.84. The van der Waals surface area contributed by atoms with Gasteiger partial charge < -0.3 is 4.74 Å². The lowest BCUT2D eigenvalue weighted by Gasteiger charge is -2.00. The summed E-state index contributed by atoms with van der Waals surface area (Å²) >= 11 is 0. The number of ether oxygens (including phenoxy) is 1. The molecule has 0 atom stereocenters. The lowest BCUT2D eigenvalue weighted by molar-refractivity contribution is 0.414. The number of H-pyrrole nitrogens is 1. The molecule has 1 aromatic carbocycles. The number of hydrogen-bond acceptors (Lipinski definition) is 2. The topological polar surface area (TPSA) is 37.9 Å². The Kier molecular flexibility index (Phi) is 2.00. The first-order valence-electron chi connectivity index (χ1n) is 3.96. The molecule has 1 radical (unpaired) electrons. The molecule has 0 spiro atoms. The summed E-state index contributed by atoms with van der Waals surface area (Å²) in [6.07, 6.45) is 1.71. The fourth-order valence-electron chi connectivity index (χ4n) is 1.13.